The maximum Gasteiger partial charge on any atom is 0.437 e. The topological polar surface area (TPSA) is 143 Å². The van der Waals surface area contributed by atoms with Crippen molar-refractivity contribution in [1.82, 2.24) is 35.1 Å². The predicted molar refractivity (Wildman–Crippen MR) is 147 cm³/mol. The van der Waals surface area contributed by atoms with Gasteiger partial charge in [-0.3, -0.25) is 9.59 Å². The maximum atomic E-state index is 14.5. The van der Waals surface area contributed by atoms with E-state index < -0.39 is 42.1 Å². The van der Waals surface area contributed by atoms with Crippen LogP contribution in [0.1, 0.15) is 57.2 Å². The summed E-state index contributed by atoms with van der Waals surface area (Å²) in [5, 5.41) is 25.2. The van der Waals surface area contributed by atoms with Gasteiger partial charge in [-0.2, -0.15) is 51.7 Å². The van der Waals surface area contributed by atoms with Crippen LogP contribution in [0.2, 0.25) is 5.02 Å². The molecule has 0 fully saturated rings. The molecule has 0 bridgehead atoms. The van der Waals surface area contributed by atoms with Crippen molar-refractivity contribution in [2.24, 2.45) is 0 Å². The molecular weight excluding hydrogens is 651 g/mol. The van der Waals surface area contributed by atoms with E-state index in [-0.39, 0.29) is 51.3 Å². The molecule has 4 aromatic rings. The molecular formula is C27H21ClF7N9O2. The van der Waals surface area contributed by atoms with Crippen LogP contribution in [0.15, 0.2) is 42.7 Å². The Kier molecular flexibility index (Phi) is 9.11. The summed E-state index contributed by atoms with van der Waals surface area (Å²) in [6.45, 7) is 4.21. The average molecular weight is 672 g/mol. The number of rotatable bonds is 8. The number of nitrogens with zero attached hydrogens (tertiary/aromatic N) is 7. The SMILES string of the molecule is Cc1cc(C#N)cc(C(=O)NC(C)C)c1NC(=O)c1cc(Cn2ncc(C(F)(C(F)(F)F)C(F)(F)F)n2)nn1-c1ncccc1Cl. The minimum absolute atomic E-state index is 0.00479. The lowest BCUT2D eigenvalue weighted by Gasteiger charge is -2.27. The van der Waals surface area contributed by atoms with Gasteiger partial charge in [-0.05, 0) is 56.7 Å². The molecule has 0 saturated carbocycles. The largest absolute Gasteiger partial charge is 0.437 e. The van der Waals surface area contributed by atoms with E-state index in [0.29, 0.717) is 10.4 Å². The van der Waals surface area contributed by atoms with Crippen LogP contribution in [0.3, 0.4) is 0 Å². The van der Waals surface area contributed by atoms with Gasteiger partial charge in [-0.15, -0.1) is 0 Å². The van der Waals surface area contributed by atoms with Crippen LogP contribution < -0.4 is 10.6 Å². The Morgan fingerprint density at radius 1 is 1.04 bits per heavy atom. The van der Waals surface area contributed by atoms with E-state index in [1.165, 1.54) is 37.4 Å². The van der Waals surface area contributed by atoms with Crippen molar-refractivity contribution < 1.29 is 40.3 Å². The van der Waals surface area contributed by atoms with Gasteiger partial charge >= 0.3 is 18.0 Å². The summed E-state index contributed by atoms with van der Waals surface area (Å²) in [5.74, 6) is -1.60. The molecule has 0 aliphatic heterocycles. The average Bonchev–Trinajstić information content (AvgIpc) is 3.59. The minimum Gasteiger partial charge on any atom is -0.350 e. The molecule has 4 rings (SSSR count). The molecule has 0 saturated heterocycles. The van der Waals surface area contributed by atoms with Crippen LogP contribution in [0, 0.1) is 18.3 Å². The molecule has 2 amide bonds. The lowest BCUT2D eigenvalue weighted by molar-refractivity contribution is -0.350. The Bertz CT molecular complexity index is 1830. The first-order valence-corrected chi connectivity index (χ1v) is 13.3. The number of aromatic nitrogens is 6. The number of hydrogen-bond donors (Lipinski definition) is 2. The zero-order chi connectivity index (χ0) is 34.2. The van der Waals surface area contributed by atoms with E-state index in [9.17, 15) is 45.6 Å². The quantitative estimate of drug-likeness (QED) is 0.238. The summed E-state index contributed by atoms with van der Waals surface area (Å²) in [6.07, 6.45) is -11.5. The molecule has 0 aliphatic rings. The molecule has 0 atom stereocenters. The third-order valence-corrected chi connectivity index (χ3v) is 6.57. The number of benzene rings is 1. The van der Waals surface area contributed by atoms with Crippen molar-refractivity contribution in [2.75, 3.05) is 5.32 Å². The van der Waals surface area contributed by atoms with E-state index in [2.05, 4.69) is 30.9 Å². The molecule has 242 valence electrons. The molecule has 46 heavy (non-hydrogen) atoms. The number of carbonyl (C=O) groups is 2. The highest BCUT2D eigenvalue weighted by Crippen LogP contribution is 2.52. The number of anilines is 1. The fourth-order valence-electron chi connectivity index (χ4n) is 4.21. The van der Waals surface area contributed by atoms with Crippen molar-refractivity contribution in [3.05, 3.63) is 81.5 Å². The Balaban J connectivity index is 1.77. The fourth-order valence-corrected chi connectivity index (χ4v) is 4.41. The Morgan fingerprint density at radius 3 is 2.30 bits per heavy atom. The van der Waals surface area contributed by atoms with Gasteiger partial charge in [0.15, 0.2) is 5.82 Å². The van der Waals surface area contributed by atoms with Crippen LogP contribution in [0.25, 0.3) is 5.82 Å². The maximum absolute atomic E-state index is 14.5. The van der Waals surface area contributed by atoms with Crippen LogP contribution in [-0.2, 0) is 12.2 Å². The number of nitrogens with one attached hydrogen (secondary N) is 2. The van der Waals surface area contributed by atoms with Crippen molar-refractivity contribution in [1.29, 1.82) is 5.26 Å². The minimum atomic E-state index is -6.40. The summed E-state index contributed by atoms with van der Waals surface area (Å²) in [4.78, 5) is 31.0. The first-order valence-electron chi connectivity index (χ1n) is 13.0. The van der Waals surface area contributed by atoms with Gasteiger partial charge in [0.1, 0.15) is 17.9 Å². The molecule has 3 heterocycles. The van der Waals surface area contributed by atoms with E-state index in [1.54, 1.807) is 13.8 Å². The lowest BCUT2D eigenvalue weighted by Crippen LogP contribution is -2.50. The number of alkyl halides is 7. The second-order valence-electron chi connectivity index (χ2n) is 10.1. The van der Waals surface area contributed by atoms with Gasteiger partial charge in [-0.1, -0.05) is 11.6 Å². The van der Waals surface area contributed by atoms with Gasteiger partial charge < -0.3 is 10.6 Å². The molecule has 0 aliphatic carbocycles. The third kappa shape index (κ3) is 6.49. The van der Waals surface area contributed by atoms with Crippen molar-refractivity contribution in [3.63, 3.8) is 0 Å². The number of amides is 2. The molecule has 19 heteroatoms. The number of pyridine rings is 1. The van der Waals surface area contributed by atoms with Crippen LogP contribution in [-0.4, -0.2) is 60.0 Å². The summed E-state index contributed by atoms with van der Waals surface area (Å²) in [5.41, 5.74) is -7.89. The first kappa shape index (κ1) is 33.8. The number of nitriles is 1. The van der Waals surface area contributed by atoms with Crippen molar-refractivity contribution in [3.8, 4) is 11.9 Å². The molecule has 11 nitrogen and oxygen atoms in total. The zero-order valence-electron chi connectivity index (χ0n) is 23.8. The van der Waals surface area contributed by atoms with Gasteiger partial charge in [0.05, 0.1) is 39.8 Å². The molecule has 2 N–H and O–H groups in total. The predicted octanol–water partition coefficient (Wildman–Crippen LogP) is 5.42. The molecule has 3 aromatic heterocycles. The summed E-state index contributed by atoms with van der Waals surface area (Å²) in [6, 6.07) is 8.28. The number of carbonyl (C=O) groups excluding carboxylic acids is 2. The zero-order valence-corrected chi connectivity index (χ0v) is 24.6. The highest BCUT2D eigenvalue weighted by molar-refractivity contribution is 6.32. The van der Waals surface area contributed by atoms with Crippen LogP contribution in [0.5, 0.6) is 0 Å². The van der Waals surface area contributed by atoms with Gasteiger partial charge in [-0.25, -0.2) is 14.1 Å². The first-order chi connectivity index (χ1) is 21.4. The van der Waals surface area contributed by atoms with E-state index in [1.807, 2.05) is 6.07 Å². The lowest BCUT2D eigenvalue weighted by atomic mass is 10.0. The standard InChI is InChI=1S/C27H21ClF7N9O2/c1-13(2)39-23(45)17-8-15(10-36)7-14(3)21(17)40-24(46)19-9-16(41-44(19)22-18(28)5-4-6-37-22)12-43-38-11-20(42-43)25(29,26(30,31)32)27(33,34)35/h4-9,11,13H,12H2,1-3H3,(H,39,45)(H,40,46). The highest BCUT2D eigenvalue weighted by Gasteiger charge is 2.75. The normalized spacial score (nSPS) is 12.2. The van der Waals surface area contributed by atoms with Crippen LogP contribution >= 0.6 is 11.6 Å². The summed E-state index contributed by atoms with van der Waals surface area (Å²) < 4.78 is 94.6. The smallest absolute Gasteiger partial charge is 0.350 e. The van der Waals surface area contributed by atoms with Crippen molar-refractivity contribution in [2.45, 2.75) is 51.4 Å². The van der Waals surface area contributed by atoms with E-state index in [0.717, 1.165) is 10.7 Å². The third-order valence-electron chi connectivity index (χ3n) is 6.27. The molecule has 0 unspecified atom stereocenters. The number of aryl methyl sites for hydroxylation is 1. The Labute approximate surface area is 260 Å². The van der Waals surface area contributed by atoms with Crippen LogP contribution in [0.4, 0.5) is 36.4 Å². The molecule has 1 aromatic carbocycles. The number of hydrogen-bond acceptors (Lipinski definition) is 7. The summed E-state index contributed by atoms with van der Waals surface area (Å²) >= 11 is 6.25. The van der Waals surface area contributed by atoms with E-state index in [4.69, 9.17) is 11.6 Å². The fraction of sp³-hybridized carbons (Fsp3) is 0.296. The highest BCUT2D eigenvalue weighted by atomic mass is 35.5. The van der Waals surface area contributed by atoms with Gasteiger partial charge in [0, 0.05) is 12.2 Å². The molecule has 0 radical (unpaired) electrons. The Morgan fingerprint density at radius 2 is 1.72 bits per heavy atom. The molecule has 0 spiro atoms. The Hall–Kier alpha value is -5.05. The van der Waals surface area contributed by atoms with Gasteiger partial charge in [0.2, 0.25) is 0 Å². The summed E-state index contributed by atoms with van der Waals surface area (Å²) in [7, 11) is 0. The monoisotopic (exact) mass is 671 g/mol. The van der Waals surface area contributed by atoms with Gasteiger partial charge in [0.25, 0.3) is 11.8 Å². The van der Waals surface area contributed by atoms with Crippen molar-refractivity contribution >= 4 is 29.1 Å². The second kappa shape index (κ2) is 12.4. The number of halogens is 8. The van der Waals surface area contributed by atoms with E-state index >= 15 is 0 Å². The second-order valence-corrected chi connectivity index (χ2v) is 10.5.